The van der Waals surface area contributed by atoms with Gasteiger partial charge in [-0.25, -0.2) is 22.6 Å². The van der Waals surface area contributed by atoms with Gasteiger partial charge in [-0.2, -0.15) is 0 Å². The van der Waals surface area contributed by atoms with Crippen molar-refractivity contribution in [2.75, 3.05) is 5.32 Å². The molecule has 1 aromatic heterocycles. The quantitative estimate of drug-likeness (QED) is 0.819. The molecule has 1 heterocycles. The molecule has 0 aliphatic heterocycles. The van der Waals surface area contributed by atoms with Crippen LogP contribution in [0.3, 0.4) is 0 Å². The van der Waals surface area contributed by atoms with E-state index in [0.29, 0.717) is 16.4 Å². The number of hydrogen-bond donors (Lipinski definition) is 2. The van der Waals surface area contributed by atoms with Crippen LogP contribution in [-0.2, 0) is 22.1 Å². The Hall–Kier alpha value is -2.00. The first-order chi connectivity index (χ1) is 11.4. The van der Waals surface area contributed by atoms with Crippen molar-refractivity contribution in [2.45, 2.75) is 30.4 Å². The lowest BCUT2D eigenvalue weighted by Gasteiger charge is -2.05. The molecule has 1 aliphatic carbocycles. The molecule has 128 valence electrons. The standard InChI is InChI=1S/C15H16FN3O3S2/c16-11-3-1-2-10(6-11)7-17-14(20)19-15-18-12(8-23-15)9-24(21,22)13-4-5-13/h1-3,6,8,13H,4-5,7,9H2,(H2,17,18,19,20). The maximum absolute atomic E-state index is 13.1. The number of carbonyl (C=O) groups is 1. The van der Waals surface area contributed by atoms with E-state index in [2.05, 4.69) is 15.6 Å². The van der Waals surface area contributed by atoms with Crippen molar-refractivity contribution in [1.29, 1.82) is 0 Å². The molecule has 0 saturated heterocycles. The summed E-state index contributed by atoms with van der Waals surface area (Å²) in [4.78, 5) is 15.9. The van der Waals surface area contributed by atoms with Crippen LogP contribution in [-0.4, -0.2) is 24.7 Å². The van der Waals surface area contributed by atoms with Crippen LogP contribution in [0.15, 0.2) is 29.6 Å². The summed E-state index contributed by atoms with van der Waals surface area (Å²) in [6, 6.07) is 5.46. The van der Waals surface area contributed by atoms with Gasteiger partial charge in [0, 0.05) is 11.9 Å². The zero-order valence-electron chi connectivity index (χ0n) is 12.7. The number of urea groups is 1. The first kappa shape index (κ1) is 16.8. The molecule has 1 saturated carbocycles. The number of thiazole rings is 1. The summed E-state index contributed by atoms with van der Waals surface area (Å²) in [7, 11) is -3.13. The van der Waals surface area contributed by atoms with E-state index in [4.69, 9.17) is 0 Å². The second kappa shape index (κ2) is 6.86. The SMILES string of the molecule is O=C(NCc1cccc(F)c1)Nc1nc(CS(=O)(=O)C2CC2)cs1. The molecular weight excluding hydrogens is 353 g/mol. The van der Waals surface area contributed by atoms with E-state index in [1.165, 1.54) is 23.5 Å². The van der Waals surface area contributed by atoms with Crippen LogP contribution < -0.4 is 10.6 Å². The predicted octanol–water partition coefficient (Wildman–Crippen LogP) is 2.68. The first-order valence-electron chi connectivity index (χ1n) is 7.38. The Labute approximate surface area is 143 Å². The molecule has 1 fully saturated rings. The summed E-state index contributed by atoms with van der Waals surface area (Å²) in [5.74, 6) is -0.461. The number of rotatable bonds is 6. The highest BCUT2D eigenvalue weighted by Gasteiger charge is 2.35. The number of nitrogens with one attached hydrogen (secondary N) is 2. The molecule has 0 bridgehead atoms. The second-order valence-electron chi connectivity index (χ2n) is 5.59. The highest BCUT2D eigenvalue weighted by Crippen LogP contribution is 2.31. The average Bonchev–Trinajstić information content (AvgIpc) is 3.29. The molecular formula is C15H16FN3O3S2. The largest absolute Gasteiger partial charge is 0.334 e. The van der Waals surface area contributed by atoms with Crippen LogP contribution >= 0.6 is 11.3 Å². The minimum Gasteiger partial charge on any atom is -0.334 e. The number of benzene rings is 1. The number of hydrogen-bond acceptors (Lipinski definition) is 5. The minimum atomic E-state index is -3.13. The van der Waals surface area contributed by atoms with Crippen molar-refractivity contribution in [3.05, 3.63) is 46.7 Å². The Morgan fingerprint density at radius 3 is 2.88 bits per heavy atom. The fourth-order valence-corrected chi connectivity index (χ4v) is 4.61. The van der Waals surface area contributed by atoms with Crippen molar-refractivity contribution in [2.24, 2.45) is 0 Å². The van der Waals surface area contributed by atoms with Gasteiger partial charge in [-0.3, -0.25) is 5.32 Å². The van der Waals surface area contributed by atoms with Crippen LogP contribution in [0.2, 0.25) is 0 Å². The molecule has 1 aromatic carbocycles. The van der Waals surface area contributed by atoms with Gasteiger partial charge in [0.2, 0.25) is 0 Å². The molecule has 2 aromatic rings. The third-order valence-electron chi connectivity index (χ3n) is 3.50. The third kappa shape index (κ3) is 4.51. The highest BCUT2D eigenvalue weighted by molar-refractivity contribution is 7.91. The van der Waals surface area contributed by atoms with Crippen LogP contribution in [0.1, 0.15) is 24.1 Å². The van der Waals surface area contributed by atoms with Gasteiger partial charge in [0.25, 0.3) is 0 Å². The molecule has 0 atom stereocenters. The van der Waals surface area contributed by atoms with Crippen molar-refractivity contribution in [3.8, 4) is 0 Å². The fraction of sp³-hybridized carbons (Fsp3) is 0.333. The zero-order valence-corrected chi connectivity index (χ0v) is 14.3. The van der Waals surface area contributed by atoms with E-state index in [0.717, 1.165) is 12.8 Å². The molecule has 1 aliphatic rings. The van der Waals surface area contributed by atoms with Gasteiger partial charge < -0.3 is 5.32 Å². The molecule has 6 nitrogen and oxygen atoms in total. The van der Waals surface area contributed by atoms with Gasteiger partial charge in [-0.15, -0.1) is 11.3 Å². The average molecular weight is 369 g/mol. The summed E-state index contributed by atoms with van der Waals surface area (Å²) in [6.45, 7) is 0.178. The molecule has 2 amide bonds. The summed E-state index contributed by atoms with van der Waals surface area (Å²) >= 11 is 1.17. The summed E-state index contributed by atoms with van der Waals surface area (Å²) in [5.41, 5.74) is 1.08. The van der Waals surface area contributed by atoms with Crippen molar-refractivity contribution in [3.63, 3.8) is 0 Å². The molecule has 24 heavy (non-hydrogen) atoms. The lowest BCUT2D eigenvalue weighted by molar-refractivity contribution is 0.251. The fourth-order valence-electron chi connectivity index (χ4n) is 2.15. The number of halogens is 1. The van der Waals surface area contributed by atoms with Crippen LogP contribution in [0.5, 0.6) is 0 Å². The first-order valence-corrected chi connectivity index (χ1v) is 9.97. The summed E-state index contributed by atoms with van der Waals surface area (Å²) in [6.07, 6.45) is 1.44. The normalized spacial score (nSPS) is 14.4. The van der Waals surface area contributed by atoms with Crippen molar-refractivity contribution >= 4 is 32.3 Å². The monoisotopic (exact) mass is 369 g/mol. The Morgan fingerprint density at radius 1 is 1.38 bits per heavy atom. The highest BCUT2D eigenvalue weighted by atomic mass is 32.2. The second-order valence-corrected chi connectivity index (χ2v) is 8.73. The van der Waals surface area contributed by atoms with Crippen molar-refractivity contribution < 1.29 is 17.6 Å². The topological polar surface area (TPSA) is 88.2 Å². The van der Waals surface area contributed by atoms with Crippen LogP contribution in [0.25, 0.3) is 0 Å². The zero-order chi connectivity index (χ0) is 17.2. The number of carbonyl (C=O) groups excluding carboxylic acids is 1. The van der Waals surface area contributed by atoms with Gasteiger partial charge in [0.05, 0.1) is 16.7 Å². The Bertz CT molecular complexity index is 847. The molecule has 0 spiro atoms. The minimum absolute atomic E-state index is 0.0965. The van der Waals surface area contributed by atoms with E-state index in [1.54, 1.807) is 17.5 Å². The van der Waals surface area contributed by atoms with E-state index >= 15 is 0 Å². The smallest absolute Gasteiger partial charge is 0.321 e. The number of sulfone groups is 1. The number of aromatic nitrogens is 1. The Morgan fingerprint density at radius 2 is 2.17 bits per heavy atom. The maximum Gasteiger partial charge on any atom is 0.321 e. The van der Waals surface area contributed by atoms with Gasteiger partial charge in [0.1, 0.15) is 5.82 Å². The number of amides is 2. The molecule has 9 heteroatoms. The number of anilines is 1. The van der Waals surface area contributed by atoms with Gasteiger partial charge >= 0.3 is 6.03 Å². The third-order valence-corrected chi connectivity index (χ3v) is 6.49. The van der Waals surface area contributed by atoms with Gasteiger partial charge in [-0.05, 0) is 30.5 Å². The molecule has 0 unspecified atom stereocenters. The van der Waals surface area contributed by atoms with Gasteiger partial charge in [-0.1, -0.05) is 12.1 Å². The summed E-state index contributed by atoms with van der Waals surface area (Å²) in [5, 5.41) is 6.86. The van der Waals surface area contributed by atoms with E-state index in [9.17, 15) is 17.6 Å². The van der Waals surface area contributed by atoms with Crippen LogP contribution in [0.4, 0.5) is 14.3 Å². The molecule has 2 N–H and O–H groups in total. The number of nitrogens with zero attached hydrogens (tertiary/aromatic N) is 1. The van der Waals surface area contributed by atoms with E-state index in [1.807, 2.05) is 0 Å². The van der Waals surface area contributed by atoms with E-state index in [-0.39, 0.29) is 23.4 Å². The molecule has 0 radical (unpaired) electrons. The summed E-state index contributed by atoms with van der Waals surface area (Å²) < 4.78 is 36.9. The predicted molar refractivity (Wildman–Crippen MR) is 90.0 cm³/mol. The van der Waals surface area contributed by atoms with Crippen LogP contribution in [0, 0.1) is 5.82 Å². The Kier molecular flexibility index (Phi) is 4.81. The van der Waals surface area contributed by atoms with Gasteiger partial charge in [0.15, 0.2) is 15.0 Å². The Balaban J connectivity index is 1.51. The molecule has 3 rings (SSSR count). The van der Waals surface area contributed by atoms with Crippen molar-refractivity contribution in [1.82, 2.24) is 10.3 Å². The maximum atomic E-state index is 13.1. The lowest BCUT2D eigenvalue weighted by Crippen LogP contribution is -2.28. The van der Waals surface area contributed by atoms with E-state index < -0.39 is 15.9 Å². The lowest BCUT2D eigenvalue weighted by atomic mass is 10.2.